The Balaban J connectivity index is 1.86. The predicted molar refractivity (Wildman–Crippen MR) is 99.2 cm³/mol. The molecule has 142 valence electrons. The molecule has 0 radical (unpaired) electrons. The van der Waals surface area contributed by atoms with Gasteiger partial charge in [-0.15, -0.1) is 0 Å². The van der Waals surface area contributed by atoms with Gasteiger partial charge in [-0.3, -0.25) is 9.48 Å². The highest BCUT2D eigenvalue weighted by molar-refractivity contribution is 5.91. The van der Waals surface area contributed by atoms with E-state index in [2.05, 4.69) is 10.4 Å². The van der Waals surface area contributed by atoms with Crippen molar-refractivity contribution in [1.82, 2.24) is 19.7 Å². The third-order valence-electron chi connectivity index (χ3n) is 4.34. The molecule has 0 saturated heterocycles. The van der Waals surface area contributed by atoms with Gasteiger partial charge in [0.2, 0.25) is 5.91 Å². The Kier molecular flexibility index (Phi) is 6.60. The maximum Gasteiger partial charge on any atom is 0.339 e. The van der Waals surface area contributed by atoms with Crippen LogP contribution in [0.5, 0.6) is 0 Å². The van der Waals surface area contributed by atoms with Crippen molar-refractivity contribution in [2.75, 3.05) is 13.2 Å². The standard InChI is InChI=1S/C19H28N4O3/c1-6-26-19(25)17-11-14(3)22(16(17)5)12-18(24)20-8-7-9-23-15(4)10-13(2)21-23/h10-11H,6-9,12H2,1-5H3,(H,20,24). The van der Waals surface area contributed by atoms with Crippen LogP contribution in [0.3, 0.4) is 0 Å². The van der Waals surface area contributed by atoms with Crippen LogP contribution in [-0.4, -0.2) is 39.4 Å². The summed E-state index contributed by atoms with van der Waals surface area (Å²) < 4.78 is 8.84. The van der Waals surface area contributed by atoms with Gasteiger partial charge in [0, 0.05) is 30.2 Å². The molecule has 1 N–H and O–H groups in total. The summed E-state index contributed by atoms with van der Waals surface area (Å²) in [5.41, 5.74) is 4.25. The minimum Gasteiger partial charge on any atom is -0.462 e. The van der Waals surface area contributed by atoms with Crippen LogP contribution in [-0.2, 0) is 22.6 Å². The second kappa shape index (κ2) is 8.69. The van der Waals surface area contributed by atoms with Gasteiger partial charge in [0.15, 0.2) is 0 Å². The smallest absolute Gasteiger partial charge is 0.339 e. The molecule has 2 aromatic rings. The lowest BCUT2D eigenvalue weighted by atomic mass is 10.2. The number of hydrogen-bond acceptors (Lipinski definition) is 4. The van der Waals surface area contributed by atoms with Gasteiger partial charge in [-0.05, 0) is 53.2 Å². The van der Waals surface area contributed by atoms with Crippen molar-refractivity contribution in [3.05, 3.63) is 40.5 Å². The van der Waals surface area contributed by atoms with Gasteiger partial charge in [-0.1, -0.05) is 0 Å². The number of nitrogens with zero attached hydrogens (tertiary/aromatic N) is 3. The number of rotatable bonds is 8. The number of esters is 1. The van der Waals surface area contributed by atoms with Crippen molar-refractivity contribution in [1.29, 1.82) is 0 Å². The zero-order valence-corrected chi connectivity index (χ0v) is 16.3. The van der Waals surface area contributed by atoms with E-state index in [0.29, 0.717) is 18.7 Å². The predicted octanol–water partition coefficient (Wildman–Crippen LogP) is 2.30. The molecule has 0 aromatic carbocycles. The number of carbonyl (C=O) groups is 2. The quantitative estimate of drug-likeness (QED) is 0.579. The number of hydrogen-bond donors (Lipinski definition) is 1. The van der Waals surface area contributed by atoms with E-state index < -0.39 is 0 Å². The molecule has 7 nitrogen and oxygen atoms in total. The van der Waals surface area contributed by atoms with Crippen molar-refractivity contribution < 1.29 is 14.3 Å². The van der Waals surface area contributed by atoms with Crippen LogP contribution >= 0.6 is 0 Å². The molecule has 0 fully saturated rings. The molecular formula is C19H28N4O3. The summed E-state index contributed by atoms with van der Waals surface area (Å²) in [6.07, 6.45) is 0.811. The van der Waals surface area contributed by atoms with Crippen LogP contribution < -0.4 is 5.32 Å². The normalized spacial score (nSPS) is 10.8. The minimum absolute atomic E-state index is 0.0735. The molecule has 0 aliphatic rings. The lowest BCUT2D eigenvalue weighted by molar-refractivity contribution is -0.121. The fourth-order valence-corrected chi connectivity index (χ4v) is 3.02. The molecule has 2 aromatic heterocycles. The summed E-state index contributed by atoms with van der Waals surface area (Å²) in [7, 11) is 0. The van der Waals surface area contributed by atoms with Crippen molar-refractivity contribution in [2.24, 2.45) is 0 Å². The Hall–Kier alpha value is -2.57. The SMILES string of the molecule is CCOC(=O)c1cc(C)n(CC(=O)NCCCn2nc(C)cc2C)c1C. The van der Waals surface area contributed by atoms with Gasteiger partial charge in [0.05, 0.1) is 17.9 Å². The largest absolute Gasteiger partial charge is 0.462 e. The summed E-state index contributed by atoms with van der Waals surface area (Å²) in [6.45, 7) is 11.4. The number of aryl methyl sites for hydroxylation is 4. The summed E-state index contributed by atoms with van der Waals surface area (Å²) in [5, 5.41) is 7.34. The maximum atomic E-state index is 12.2. The van der Waals surface area contributed by atoms with Crippen molar-refractivity contribution in [3.63, 3.8) is 0 Å². The molecule has 1 amide bonds. The first kappa shape index (κ1) is 19.8. The van der Waals surface area contributed by atoms with Crippen LogP contribution in [0.15, 0.2) is 12.1 Å². The van der Waals surface area contributed by atoms with Crippen LogP contribution in [0.25, 0.3) is 0 Å². The fourth-order valence-electron chi connectivity index (χ4n) is 3.02. The van der Waals surface area contributed by atoms with E-state index in [-0.39, 0.29) is 18.4 Å². The minimum atomic E-state index is -0.350. The number of carbonyl (C=O) groups excluding carboxylic acids is 2. The third-order valence-corrected chi connectivity index (χ3v) is 4.34. The molecule has 7 heteroatoms. The summed E-state index contributed by atoms with van der Waals surface area (Å²) in [5.74, 6) is -0.423. The second-order valence-electron chi connectivity index (χ2n) is 6.45. The molecule has 0 spiro atoms. The van der Waals surface area contributed by atoms with Crippen LogP contribution in [0.1, 0.15) is 46.5 Å². The fraction of sp³-hybridized carbons (Fsp3) is 0.526. The third kappa shape index (κ3) is 4.74. The first-order chi connectivity index (χ1) is 12.3. The highest BCUT2D eigenvalue weighted by atomic mass is 16.5. The molecule has 2 heterocycles. The average Bonchev–Trinajstić information content (AvgIpc) is 3.04. The Labute approximate surface area is 154 Å². The monoisotopic (exact) mass is 360 g/mol. The highest BCUT2D eigenvalue weighted by Crippen LogP contribution is 2.16. The number of nitrogens with one attached hydrogen (secondary N) is 1. The highest BCUT2D eigenvalue weighted by Gasteiger charge is 2.17. The first-order valence-electron chi connectivity index (χ1n) is 8.95. The van der Waals surface area contributed by atoms with E-state index in [9.17, 15) is 9.59 Å². The average molecular weight is 360 g/mol. The lowest BCUT2D eigenvalue weighted by Gasteiger charge is -2.11. The van der Waals surface area contributed by atoms with Gasteiger partial charge >= 0.3 is 5.97 Å². The lowest BCUT2D eigenvalue weighted by Crippen LogP contribution is -2.29. The van der Waals surface area contributed by atoms with Crippen molar-refractivity contribution in [3.8, 4) is 0 Å². The molecule has 2 rings (SSSR count). The zero-order chi connectivity index (χ0) is 19.3. The molecule has 0 saturated carbocycles. The van der Waals surface area contributed by atoms with Gasteiger partial charge in [-0.25, -0.2) is 4.79 Å². The molecule has 0 aliphatic carbocycles. The Bertz CT molecular complexity index is 789. The van der Waals surface area contributed by atoms with Gasteiger partial charge in [0.25, 0.3) is 0 Å². The van der Waals surface area contributed by atoms with Crippen molar-refractivity contribution in [2.45, 2.75) is 54.1 Å². The topological polar surface area (TPSA) is 78.1 Å². The molecule has 0 aliphatic heterocycles. The Morgan fingerprint density at radius 2 is 1.88 bits per heavy atom. The van der Waals surface area contributed by atoms with Gasteiger partial charge < -0.3 is 14.6 Å². The van der Waals surface area contributed by atoms with Crippen LogP contribution in [0.2, 0.25) is 0 Å². The summed E-state index contributed by atoms with van der Waals surface area (Å²) in [6, 6.07) is 3.81. The first-order valence-corrected chi connectivity index (χ1v) is 8.95. The number of aromatic nitrogens is 3. The molecule has 0 atom stereocenters. The maximum absolute atomic E-state index is 12.2. The van der Waals surface area contributed by atoms with E-state index in [1.807, 2.05) is 43.0 Å². The van der Waals surface area contributed by atoms with Crippen molar-refractivity contribution >= 4 is 11.9 Å². The van der Waals surface area contributed by atoms with Gasteiger partial charge in [0.1, 0.15) is 6.54 Å². The molecular weight excluding hydrogens is 332 g/mol. The molecule has 26 heavy (non-hydrogen) atoms. The van der Waals surface area contributed by atoms with Gasteiger partial charge in [-0.2, -0.15) is 5.10 Å². The second-order valence-corrected chi connectivity index (χ2v) is 6.45. The van der Waals surface area contributed by atoms with E-state index in [1.54, 1.807) is 13.0 Å². The summed E-state index contributed by atoms with van der Waals surface area (Å²) >= 11 is 0. The van der Waals surface area contributed by atoms with E-state index in [0.717, 1.165) is 35.7 Å². The molecule has 0 bridgehead atoms. The summed E-state index contributed by atoms with van der Waals surface area (Å²) in [4.78, 5) is 24.2. The molecule has 0 unspecified atom stereocenters. The number of amides is 1. The van der Waals surface area contributed by atoms with Crippen LogP contribution in [0.4, 0.5) is 0 Å². The Morgan fingerprint density at radius 3 is 2.50 bits per heavy atom. The zero-order valence-electron chi connectivity index (χ0n) is 16.3. The van der Waals surface area contributed by atoms with E-state index in [1.165, 1.54) is 0 Å². The van der Waals surface area contributed by atoms with E-state index in [4.69, 9.17) is 4.74 Å². The Morgan fingerprint density at radius 1 is 1.15 bits per heavy atom. The van der Waals surface area contributed by atoms with E-state index >= 15 is 0 Å². The number of ether oxygens (including phenoxy) is 1. The van der Waals surface area contributed by atoms with Crippen LogP contribution in [0, 0.1) is 27.7 Å².